The third-order valence-electron chi connectivity index (χ3n) is 1.65. The third kappa shape index (κ3) is 3.92. The highest BCUT2D eigenvalue weighted by molar-refractivity contribution is 9.10. The lowest BCUT2D eigenvalue weighted by Gasteiger charge is -1.99. The largest absolute Gasteiger partial charge is 0.148 e. The van der Waals surface area contributed by atoms with Gasteiger partial charge in [-0.05, 0) is 48.2 Å². The van der Waals surface area contributed by atoms with Crippen LogP contribution in [0.1, 0.15) is 24.6 Å². The van der Waals surface area contributed by atoms with Crippen LogP contribution in [0.5, 0.6) is 0 Å². The first-order valence-corrected chi connectivity index (χ1v) is 6.16. The molecule has 12 heavy (non-hydrogen) atoms. The third-order valence-corrected chi connectivity index (χ3v) is 3.62. The van der Waals surface area contributed by atoms with E-state index in [0.717, 1.165) is 12.8 Å². The van der Waals surface area contributed by atoms with Crippen LogP contribution in [0.2, 0.25) is 0 Å². The molecule has 0 fully saturated rings. The van der Waals surface area contributed by atoms with Crippen molar-refractivity contribution >= 4 is 38.9 Å². The van der Waals surface area contributed by atoms with E-state index in [-0.39, 0.29) is 0 Å². The maximum Gasteiger partial charge on any atom is 0.0308 e. The van der Waals surface area contributed by atoms with Gasteiger partial charge in [0, 0.05) is 20.1 Å². The molecule has 0 aliphatic heterocycles. The molecular formula is C9H12BrClS. The van der Waals surface area contributed by atoms with E-state index < -0.39 is 0 Å². The van der Waals surface area contributed by atoms with E-state index in [1.165, 1.54) is 15.8 Å². The van der Waals surface area contributed by atoms with Crippen molar-refractivity contribution in [1.82, 2.24) is 0 Å². The quantitative estimate of drug-likeness (QED) is 0.707. The van der Waals surface area contributed by atoms with Crippen molar-refractivity contribution in [2.45, 2.75) is 31.6 Å². The summed E-state index contributed by atoms with van der Waals surface area (Å²) in [5.41, 5.74) is 0. The molecule has 0 bridgehead atoms. The second-order valence-corrected chi connectivity index (χ2v) is 5.56. The number of thiophene rings is 1. The molecule has 0 aromatic carbocycles. The second kappa shape index (κ2) is 5.25. The zero-order valence-corrected chi connectivity index (χ0v) is 10.2. The van der Waals surface area contributed by atoms with Gasteiger partial charge in [-0.3, -0.25) is 0 Å². The number of alkyl halides is 1. The molecule has 0 amide bonds. The van der Waals surface area contributed by atoms with E-state index in [4.69, 9.17) is 11.6 Å². The maximum absolute atomic E-state index is 5.84. The van der Waals surface area contributed by atoms with E-state index >= 15 is 0 Å². The van der Waals surface area contributed by atoms with Crippen LogP contribution < -0.4 is 0 Å². The molecule has 0 saturated heterocycles. The van der Waals surface area contributed by atoms with Gasteiger partial charge in [0.1, 0.15) is 0 Å². The van der Waals surface area contributed by atoms with Crippen LogP contribution in [0.15, 0.2) is 15.9 Å². The molecule has 0 radical (unpaired) electrons. The van der Waals surface area contributed by atoms with E-state index in [2.05, 4.69) is 27.4 Å². The van der Waals surface area contributed by atoms with Gasteiger partial charge in [0.05, 0.1) is 0 Å². The average molecular weight is 268 g/mol. The minimum absolute atomic E-state index is 0.313. The molecule has 0 aliphatic rings. The summed E-state index contributed by atoms with van der Waals surface area (Å²) in [5.74, 6) is 0. The Morgan fingerprint density at radius 2 is 2.42 bits per heavy atom. The number of hydrogen-bond donors (Lipinski definition) is 0. The lowest BCUT2D eigenvalue weighted by molar-refractivity contribution is 0.729. The minimum atomic E-state index is 0.313. The van der Waals surface area contributed by atoms with Crippen molar-refractivity contribution in [1.29, 1.82) is 0 Å². The number of hydrogen-bond acceptors (Lipinski definition) is 1. The molecular weight excluding hydrogens is 256 g/mol. The predicted molar refractivity (Wildman–Crippen MR) is 60.3 cm³/mol. The standard InChI is InChI=1S/C9H12BrClS/c1-7(11)3-2-4-9-5-8(10)6-12-9/h5-7H,2-4H2,1H3. The molecule has 0 aliphatic carbocycles. The summed E-state index contributed by atoms with van der Waals surface area (Å²) in [5, 5.41) is 2.44. The SMILES string of the molecule is CC(Cl)CCCc1cc(Br)cs1. The van der Waals surface area contributed by atoms with Crippen molar-refractivity contribution in [3.63, 3.8) is 0 Å². The van der Waals surface area contributed by atoms with Crippen LogP contribution in [-0.4, -0.2) is 5.38 Å². The molecule has 0 spiro atoms. The van der Waals surface area contributed by atoms with Gasteiger partial charge < -0.3 is 0 Å². The van der Waals surface area contributed by atoms with Crippen LogP contribution in [0.3, 0.4) is 0 Å². The highest BCUT2D eigenvalue weighted by Crippen LogP contribution is 2.21. The molecule has 0 nitrogen and oxygen atoms in total. The van der Waals surface area contributed by atoms with Gasteiger partial charge in [0.15, 0.2) is 0 Å². The Morgan fingerprint density at radius 3 is 2.92 bits per heavy atom. The van der Waals surface area contributed by atoms with Crippen molar-refractivity contribution in [2.75, 3.05) is 0 Å². The molecule has 0 saturated carbocycles. The van der Waals surface area contributed by atoms with Gasteiger partial charge in [-0.1, -0.05) is 0 Å². The van der Waals surface area contributed by atoms with E-state index in [1.807, 2.05) is 18.3 Å². The predicted octanol–water partition coefficient (Wildman–Crippen LogP) is 4.46. The summed E-state index contributed by atoms with van der Waals surface area (Å²) in [6, 6.07) is 2.18. The molecule has 1 aromatic heterocycles. The fourth-order valence-corrected chi connectivity index (χ4v) is 2.69. The molecule has 68 valence electrons. The van der Waals surface area contributed by atoms with Crippen LogP contribution in [-0.2, 0) is 6.42 Å². The Labute approximate surface area is 91.1 Å². The van der Waals surface area contributed by atoms with Gasteiger partial charge in [0.2, 0.25) is 0 Å². The normalized spacial score (nSPS) is 13.2. The molecule has 0 N–H and O–H groups in total. The van der Waals surface area contributed by atoms with Crippen LogP contribution in [0, 0.1) is 0 Å². The first-order valence-electron chi connectivity index (χ1n) is 4.05. The Morgan fingerprint density at radius 1 is 1.67 bits per heavy atom. The smallest absolute Gasteiger partial charge is 0.0308 e. The Bertz CT molecular complexity index is 232. The summed E-state index contributed by atoms with van der Waals surface area (Å²) in [4.78, 5) is 1.44. The second-order valence-electron chi connectivity index (χ2n) is 2.90. The molecule has 1 heterocycles. The van der Waals surface area contributed by atoms with Crippen molar-refractivity contribution in [2.24, 2.45) is 0 Å². The number of rotatable bonds is 4. The first kappa shape index (κ1) is 10.6. The van der Waals surface area contributed by atoms with Gasteiger partial charge in [-0.2, -0.15) is 0 Å². The topological polar surface area (TPSA) is 0 Å². The highest BCUT2D eigenvalue weighted by Gasteiger charge is 1.99. The van der Waals surface area contributed by atoms with Gasteiger partial charge >= 0.3 is 0 Å². The van der Waals surface area contributed by atoms with Crippen molar-refractivity contribution in [3.8, 4) is 0 Å². The number of halogens is 2. The lowest BCUT2D eigenvalue weighted by Crippen LogP contribution is -1.91. The molecule has 3 heteroatoms. The summed E-state index contributed by atoms with van der Waals surface area (Å²) in [6.07, 6.45) is 3.46. The highest BCUT2D eigenvalue weighted by atomic mass is 79.9. The molecule has 1 atom stereocenters. The van der Waals surface area contributed by atoms with Crippen molar-refractivity contribution < 1.29 is 0 Å². The monoisotopic (exact) mass is 266 g/mol. The molecule has 1 unspecified atom stereocenters. The molecule has 1 aromatic rings. The summed E-state index contributed by atoms with van der Waals surface area (Å²) < 4.78 is 1.20. The fourth-order valence-electron chi connectivity index (χ4n) is 1.04. The van der Waals surface area contributed by atoms with Gasteiger partial charge in [0.25, 0.3) is 0 Å². The van der Waals surface area contributed by atoms with Gasteiger partial charge in [-0.15, -0.1) is 22.9 Å². The lowest BCUT2D eigenvalue weighted by atomic mass is 10.2. The van der Waals surface area contributed by atoms with Gasteiger partial charge in [-0.25, -0.2) is 0 Å². The maximum atomic E-state index is 5.84. The van der Waals surface area contributed by atoms with Crippen LogP contribution in [0.25, 0.3) is 0 Å². The average Bonchev–Trinajstić information content (AvgIpc) is 2.35. The zero-order chi connectivity index (χ0) is 8.97. The van der Waals surface area contributed by atoms with E-state index in [1.54, 1.807) is 0 Å². The Balaban J connectivity index is 2.24. The first-order chi connectivity index (χ1) is 5.68. The summed E-state index contributed by atoms with van der Waals surface area (Å²) >= 11 is 11.1. The molecule has 1 rings (SSSR count). The Kier molecular flexibility index (Phi) is 4.62. The number of aryl methyl sites for hydroxylation is 1. The summed E-state index contributed by atoms with van der Waals surface area (Å²) in [6.45, 7) is 2.05. The van der Waals surface area contributed by atoms with E-state index in [0.29, 0.717) is 5.38 Å². The van der Waals surface area contributed by atoms with E-state index in [9.17, 15) is 0 Å². The van der Waals surface area contributed by atoms with Crippen LogP contribution >= 0.6 is 38.9 Å². The minimum Gasteiger partial charge on any atom is -0.148 e. The summed E-state index contributed by atoms with van der Waals surface area (Å²) in [7, 11) is 0. The fraction of sp³-hybridized carbons (Fsp3) is 0.556. The zero-order valence-electron chi connectivity index (χ0n) is 7.02. The Hall–Kier alpha value is 0.470. The van der Waals surface area contributed by atoms with Crippen molar-refractivity contribution in [3.05, 3.63) is 20.8 Å². The van der Waals surface area contributed by atoms with Crippen LogP contribution in [0.4, 0.5) is 0 Å².